The number of likely N-dealkylation sites (tertiary alicyclic amines) is 2. The first-order valence-corrected chi connectivity index (χ1v) is 11.5. The summed E-state index contributed by atoms with van der Waals surface area (Å²) in [6, 6.07) is 13.6. The van der Waals surface area contributed by atoms with Crippen molar-refractivity contribution in [1.82, 2.24) is 30.2 Å². The molecule has 2 amide bonds. The summed E-state index contributed by atoms with van der Waals surface area (Å²) in [5, 5.41) is 11.8. The number of carbonyl (C=O) groups excluding carboxylic acids is 2. The molecule has 0 radical (unpaired) electrons. The Morgan fingerprint density at radius 1 is 0.818 bits per heavy atom. The fourth-order valence-electron chi connectivity index (χ4n) is 6.39. The zero-order chi connectivity index (χ0) is 22.3. The van der Waals surface area contributed by atoms with Gasteiger partial charge in [-0.15, -0.1) is 0 Å². The number of hydrogen-bond donors (Lipinski definition) is 2. The number of aromatic nitrogens is 4. The molecule has 2 saturated heterocycles. The molecule has 8 heteroatoms. The number of aryl methyl sites for hydroxylation is 1. The molecular weight excluding hydrogens is 416 g/mol. The Morgan fingerprint density at radius 3 is 2.21 bits per heavy atom. The maximum absolute atomic E-state index is 13.2. The second-order valence-corrected chi connectivity index (χ2v) is 9.88. The zero-order valence-corrected chi connectivity index (χ0v) is 18.3. The van der Waals surface area contributed by atoms with Crippen molar-refractivity contribution in [3.63, 3.8) is 0 Å². The number of hydrogen-bond acceptors (Lipinski definition) is 4. The Morgan fingerprint density at radius 2 is 1.48 bits per heavy atom. The van der Waals surface area contributed by atoms with Crippen molar-refractivity contribution in [2.75, 3.05) is 26.2 Å². The van der Waals surface area contributed by atoms with Gasteiger partial charge < -0.3 is 14.8 Å². The highest BCUT2D eigenvalue weighted by Crippen LogP contribution is 2.54. The minimum atomic E-state index is 0.0636. The molecule has 4 heterocycles. The molecule has 0 spiro atoms. The van der Waals surface area contributed by atoms with Gasteiger partial charge in [-0.3, -0.25) is 9.59 Å². The SMILES string of the molecule is Cc1ccc2cc(C(=O)N3CC4C(C3)[C@@H]3CN(C(=O)c5ccc6n[nH]nc6c5)C[C@H]43)[nH]c2c1. The van der Waals surface area contributed by atoms with Gasteiger partial charge in [0.25, 0.3) is 11.8 Å². The molecule has 7 rings (SSSR count). The van der Waals surface area contributed by atoms with Gasteiger partial charge >= 0.3 is 0 Å². The average molecular weight is 441 g/mol. The van der Waals surface area contributed by atoms with Gasteiger partial charge in [-0.05, 0) is 66.5 Å². The molecule has 1 aliphatic carbocycles. The molecule has 8 nitrogen and oxygen atoms in total. The highest BCUT2D eigenvalue weighted by Gasteiger charge is 2.59. The smallest absolute Gasteiger partial charge is 0.270 e. The zero-order valence-electron chi connectivity index (χ0n) is 18.3. The van der Waals surface area contributed by atoms with Gasteiger partial charge in [0.1, 0.15) is 16.7 Å². The van der Waals surface area contributed by atoms with Crippen LogP contribution in [-0.4, -0.2) is 68.2 Å². The van der Waals surface area contributed by atoms with Gasteiger partial charge in [0.15, 0.2) is 0 Å². The van der Waals surface area contributed by atoms with Crippen LogP contribution in [0.3, 0.4) is 0 Å². The van der Waals surface area contributed by atoms with Crippen LogP contribution in [0.2, 0.25) is 0 Å². The minimum Gasteiger partial charge on any atom is -0.351 e. The van der Waals surface area contributed by atoms with Crippen molar-refractivity contribution < 1.29 is 9.59 Å². The predicted octanol–water partition coefficient (Wildman–Crippen LogP) is 2.84. The fourth-order valence-corrected chi connectivity index (χ4v) is 6.39. The topological polar surface area (TPSA) is 98.0 Å². The summed E-state index contributed by atoms with van der Waals surface area (Å²) in [4.78, 5) is 33.6. The van der Waals surface area contributed by atoms with Crippen molar-refractivity contribution in [2.45, 2.75) is 6.92 Å². The first kappa shape index (κ1) is 18.8. The highest BCUT2D eigenvalue weighted by molar-refractivity contribution is 5.99. The van der Waals surface area contributed by atoms with E-state index in [1.165, 1.54) is 5.56 Å². The molecule has 3 aliphatic rings. The van der Waals surface area contributed by atoms with E-state index in [9.17, 15) is 9.59 Å². The van der Waals surface area contributed by atoms with E-state index < -0.39 is 0 Å². The summed E-state index contributed by atoms with van der Waals surface area (Å²) in [5.41, 5.74) is 4.99. The summed E-state index contributed by atoms with van der Waals surface area (Å²) in [5.74, 6) is 2.09. The molecule has 3 fully saturated rings. The molecule has 4 atom stereocenters. The second kappa shape index (κ2) is 6.66. The molecule has 2 unspecified atom stereocenters. The summed E-state index contributed by atoms with van der Waals surface area (Å²) in [6.07, 6.45) is 0. The van der Waals surface area contributed by atoms with Crippen LogP contribution in [-0.2, 0) is 0 Å². The Hall–Kier alpha value is -3.68. The van der Waals surface area contributed by atoms with Crippen LogP contribution in [0, 0.1) is 30.6 Å². The number of nitrogens with zero attached hydrogens (tertiary/aromatic N) is 4. The molecule has 1 saturated carbocycles. The van der Waals surface area contributed by atoms with Crippen molar-refractivity contribution in [2.24, 2.45) is 23.7 Å². The van der Waals surface area contributed by atoms with Crippen LogP contribution in [0.5, 0.6) is 0 Å². The molecule has 2 N–H and O–H groups in total. The first-order chi connectivity index (χ1) is 16.0. The minimum absolute atomic E-state index is 0.0636. The molecule has 2 aromatic heterocycles. The summed E-state index contributed by atoms with van der Waals surface area (Å²) < 4.78 is 0. The molecule has 33 heavy (non-hydrogen) atoms. The van der Waals surface area contributed by atoms with Crippen LogP contribution < -0.4 is 0 Å². The molecule has 4 aromatic rings. The second-order valence-electron chi connectivity index (χ2n) is 9.88. The monoisotopic (exact) mass is 440 g/mol. The summed E-state index contributed by atoms with van der Waals surface area (Å²) >= 11 is 0. The lowest BCUT2D eigenvalue weighted by atomic mass is 9.60. The molecule has 166 valence electrons. The number of H-pyrrole nitrogens is 2. The van der Waals surface area contributed by atoms with Gasteiger partial charge in [-0.2, -0.15) is 15.4 Å². The van der Waals surface area contributed by atoms with Crippen molar-refractivity contribution in [1.29, 1.82) is 0 Å². The quantitative estimate of drug-likeness (QED) is 0.501. The standard InChI is InChI=1S/C25H24N6O2/c1-13-2-3-14-7-23(26-21(14)6-13)25(33)31-11-18-16-9-30(10-17(16)19(18)12-31)24(32)15-4-5-20-22(8-15)28-29-27-20/h2-8,16-19,26H,9-12H2,1H3,(H,27,28,29)/t16-,17+,18?,19?. The molecule has 0 bridgehead atoms. The van der Waals surface area contributed by atoms with Crippen LogP contribution in [0.4, 0.5) is 0 Å². The van der Waals surface area contributed by atoms with Gasteiger partial charge in [0, 0.05) is 42.6 Å². The van der Waals surface area contributed by atoms with Gasteiger partial charge in [-0.1, -0.05) is 12.1 Å². The number of rotatable bonds is 2. The Kier molecular flexibility index (Phi) is 3.81. The fraction of sp³-hybridized carbons (Fsp3) is 0.360. The van der Waals surface area contributed by atoms with Crippen molar-refractivity contribution >= 4 is 33.8 Å². The van der Waals surface area contributed by atoms with Crippen LogP contribution in [0.25, 0.3) is 21.9 Å². The summed E-state index contributed by atoms with van der Waals surface area (Å²) in [6.45, 7) is 5.17. The lowest BCUT2D eigenvalue weighted by Crippen LogP contribution is -2.44. The number of nitrogens with one attached hydrogen (secondary N) is 2. The maximum Gasteiger partial charge on any atom is 0.270 e. The third-order valence-electron chi connectivity index (χ3n) is 8.07. The van der Waals surface area contributed by atoms with E-state index in [0.717, 1.165) is 42.6 Å². The van der Waals surface area contributed by atoms with E-state index >= 15 is 0 Å². The van der Waals surface area contributed by atoms with Gasteiger partial charge in [-0.25, -0.2) is 0 Å². The largest absolute Gasteiger partial charge is 0.351 e. The first-order valence-electron chi connectivity index (χ1n) is 11.5. The van der Waals surface area contributed by atoms with Crippen LogP contribution in [0.1, 0.15) is 26.4 Å². The van der Waals surface area contributed by atoms with Gasteiger partial charge in [0.2, 0.25) is 0 Å². The number of amides is 2. The van der Waals surface area contributed by atoms with Gasteiger partial charge in [0.05, 0.1) is 0 Å². The lowest BCUT2D eigenvalue weighted by Gasteiger charge is -2.42. The Balaban J connectivity index is 1.04. The number of aromatic amines is 2. The number of benzene rings is 2. The van der Waals surface area contributed by atoms with E-state index in [2.05, 4.69) is 45.5 Å². The highest BCUT2D eigenvalue weighted by atomic mass is 16.2. The molecular formula is C25H24N6O2. The van der Waals surface area contributed by atoms with E-state index in [1.54, 1.807) is 0 Å². The van der Waals surface area contributed by atoms with E-state index in [4.69, 9.17) is 0 Å². The average Bonchev–Trinajstić information content (AvgIpc) is 3.59. The van der Waals surface area contributed by atoms with Crippen molar-refractivity contribution in [3.8, 4) is 0 Å². The predicted molar refractivity (Wildman–Crippen MR) is 123 cm³/mol. The van der Waals surface area contributed by atoms with E-state index in [-0.39, 0.29) is 11.8 Å². The van der Waals surface area contributed by atoms with E-state index in [0.29, 0.717) is 40.4 Å². The third-order valence-corrected chi connectivity index (χ3v) is 8.07. The maximum atomic E-state index is 13.2. The van der Waals surface area contributed by atoms with Crippen molar-refractivity contribution in [3.05, 3.63) is 59.3 Å². The molecule has 2 aromatic carbocycles. The Labute approximate surface area is 189 Å². The number of fused-ring (bicyclic) bond motifs is 6. The van der Waals surface area contributed by atoms with Crippen LogP contribution in [0.15, 0.2) is 42.5 Å². The molecule has 2 aliphatic heterocycles. The van der Waals surface area contributed by atoms with Crippen LogP contribution >= 0.6 is 0 Å². The van der Waals surface area contributed by atoms with E-state index in [1.807, 2.05) is 34.1 Å². The number of carbonyl (C=O) groups is 2. The third kappa shape index (κ3) is 2.76. The normalized spacial score (nSPS) is 26.0. The summed E-state index contributed by atoms with van der Waals surface area (Å²) in [7, 11) is 0. The Bertz CT molecular complexity index is 1420. The lowest BCUT2D eigenvalue weighted by molar-refractivity contribution is 0.0629.